The monoisotopic (exact) mass is 390 g/mol. The Balaban J connectivity index is 4.73. The topological polar surface area (TPSA) is 124 Å². The number of phosphoric ester groups is 1. The van der Waals surface area contributed by atoms with Gasteiger partial charge < -0.3 is 19.6 Å². The van der Waals surface area contributed by atoms with Crippen molar-refractivity contribution in [3.63, 3.8) is 0 Å². The van der Waals surface area contributed by atoms with Gasteiger partial charge in [-0.1, -0.05) is 17.7 Å². The molecule has 25 heavy (non-hydrogen) atoms. The first-order valence-corrected chi connectivity index (χ1v) is 8.19. The van der Waals surface area contributed by atoms with E-state index in [4.69, 9.17) is 23.0 Å². The van der Waals surface area contributed by atoms with E-state index >= 15 is 0 Å². The molecule has 0 aliphatic rings. The second-order valence-electron chi connectivity index (χ2n) is 4.82. The van der Waals surface area contributed by atoms with Gasteiger partial charge in [-0.25, -0.2) is 4.57 Å². The fourth-order valence-corrected chi connectivity index (χ4v) is 1.53. The summed E-state index contributed by atoms with van der Waals surface area (Å²) in [7, 11) is -5.01. The molecule has 0 aromatic heterocycles. The molecule has 1 atom stereocenters. The summed E-state index contributed by atoms with van der Waals surface area (Å²) in [6, 6.07) is 0. The van der Waals surface area contributed by atoms with Crippen molar-refractivity contribution in [1.82, 2.24) is 0 Å². The highest BCUT2D eigenvalue weighted by molar-refractivity contribution is 7.46. The molecule has 0 aromatic rings. The molecule has 142 valence electrons. The van der Waals surface area contributed by atoms with Crippen LogP contribution in [-0.4, -0.2) is 34.2 Å². The third-order valence-electron chi connectivity index (χ3n) is 2.52. The summed E-state index contributed by atoms with van der Waals surface area (Å²) in [5.74, 6) is -1.59. The number of halogens is 3. The van der Waals surface area contributed by atoms with Crippen LogP contribution in [0, 0.1) is 5.39 Å². The van der Waals surface area contributed by atoms with Crippen molar-refractivity contribution in [2.45, 2.75) is 32.9 Å². The van der Waals surface area contributed by atoms with Gasteiger partial charge in [-0.05, 0) is 32.3 Å². The van der Waals surface area contributed by atoms with Gasteiger partial charge in [-0.2, -0.15) is 13.2 Å². The SMILES string of the molecule is [2H]C([3H])(/C=C(\C)CC/C=C(\C)CO/C(O)=C(\[N+]#N)C(F)(F)F)OP(=O)(O)O. The molecule has 0 heterocycles. The number of hydrogen-bond donors (Lipinski definition) is 3. The van der Waals surface area contributed by atoms with Gasteiger partial charge in [0.15, 0.2) is 4.98 Å². The van der Waals surface area contributed by atoms with Gasteiger partial charge in [0.25, 0.3) is 0 Å². The molecule has 1 unspecified atom stereocenters. The van der Waals surface area contributed by atoms with Crippen molar-refractivity contribution >= 4 is 7.82 Å². The summed E-state index contributed by atoms with van der Waals surface area (Å²) >= 11 is 0. The van der Waals surface area contributed by atoms with Crippen molar-refractivity contribution in [3.05, 3.63) is 39.9 Å². The molecule has 0 aliphatic carbocycles. The predicted molar refractivity (Wildman–Crippen MR) is 81.5 cm³/mol. The average Bonchev–Trinajstić information content (AvgIpc) is 2.40. The standard InChI is InChI=1S/C13H18F3N2O6P/c1-9(6-7-24-25(20,21)22)4-3-5-10(2)8-23-12(19)11(18-17)13(14,15)16/h5-6H,3-4,7-8H2,1-2H3,(H2-,19,20,21,22)/p+1/b9-6+,10-5+,12-11-/i7TD. The Morgan fingerprint density at radius 2 is 2.00 bits per heavy atom. The first kappa shape index (κ1) is 19.5. The Kier molecular flexibility index (Phi) is 7.94. The minimum atomic E-state index is -5.09. The van der Waals surface area contributed by atoms with Crippen LogP contribution in [0.4, 0.5) is 13.2 Å². The van der Waals surface area contributed by atoms with E-state index in [9.17, 15) is 17.7 Å². The van der Waals surface area contributed by atoms with Gasteiger partial charge in [-0.3, -0.25) is 4.52 Å². The Bertz CT molecular complexity index is 710. The van der Waals surface area contributed by atoms with E-state index in [2.05, 4.69) is 9.26 Å². The zero-order chi connectivity index (χ0) is 21.5. The van der Waals surface area contributed by atoms with Gasteiger partial charge in [-0.15, -0.1) is 0 Å². The number of allylic oxidation sites excluding steroid dienone is 3. The number of alkyl halides is 3. The van der Waals surface area contributed by atoms with E-state index in [-0.39, 0.29) is 6.42 Å². The maximum absolute atomic E-state index is 12.4. The fourth-order valence-electron chi connectivity index (χ4n) is 1.34. The van der Waals surface area contributed by atoms with E-state index in [0.29, 0.717) is 17.6 Å². The minimum Gasteiger partial charge on any atom is -0.475 e. The number of aliphatic hydroxyl groups excluding tert-OH is 1. The summed E-state index contributed by atoms with van der Waals surface area (Å²) < 4.78 is 70.9. The number of ether oxygens (including phenoxy) is 1. The zero-order valence-electron chi connectivity index (χ0n) is 15.3. The Labute approximate surface area is 144 Å². The summed E-state index contributed by atoms with van der Waals surface area (Å²) in [5, 5.41) is 17.4. The van der Waals surface area contributed by atoms with Gasteiger partial charge in [0.1, 0.15) is 6.61 Å². The normalized spacial score (nSPS) is 18.5. The molecule has 0 aliphatic heterocycles. The van der Waals surface area contributed by atoms with E-state index in [1.54, 1.807) is 0 Å². The van der Waals surface area contributed by atoms with Crippen molar-refractivity contribution in [1.29, 1.82) is 5.39 Å². The van der Waals surface area contributed by atoms with Crippen molar-refractivity contribution < 1.29 is 44.6 Å². The molecular weight excluding hydrogens is 368 g/mol. The quantitative estimate of drug-likeness (QED) is 0.236. The lowest BCUT2D eigenvalue weighted by Crippen LogP contribution is -2.13. The summed E-state index contributed by atoms with van der Waals surface area (Å²) in [4.78, 5) is 19.1. The summed E-state index contributed by atoms with van der Waals surface area (Å²) in [6.07, 6.45) is -2.12. The zero-order valence-corrected chi connectivity index (χ0v) is 14.2. The molecule has 0 saturated heterocycles. The van der Waals surface area contributed by atoms with Gasteiger partial charge >= 0.3 is 25.6 Å². The molecule has 12 heteroatoms. The van der Waals surface area contributed by atoms with Crippen molar-refractivity contribution in [2.24, 2.45) is 0 Å². The Morgan fingerprint density at radius 3 is 2.48 bits per heavy atom. The van der Waals surface area contributed by atoms with Crippen LogP contribution in [0.15, 0.2) is 34.9 Å². The van der Waals surface area contributed by atoms with Gasteiger partial charge in [0, 0.05) is 0 Å². The minimum absolute atomic E-state index is 0.253. The number of nitrogens with zero attached hydrogens (tertiary/aromatic N) is 2. The molecule has 0 saturated carbocycles. The largest absolute Gasteiger partial charge is 0.543 e. The second-order valence-corrected chi connectivity index (χ2v) is 5.98. The highest BCUT2D eigenvalue weighted by Crippen LogP contribution is 2.35. The molecule has 8 nitrogen and oxygen atoms in total. The first-order valence-electron chi connectivity index (χ1n) is 7.66. The van der Waals surface area contributed by atoms with Crippen LogP contribution in [0.3, 0.4) is 0 Å². The van der Waals surface area contributed by atoms with E-state index < -0.39 is 38.8 Å². The predicted octanol–water partition coefficient (Wildman–Crippen LogP) is 3.93. The fraction of sp³-hybridized carbons (Fsp3) is 0.538. The molecule has 0 amide bonds. The third kappa shape index (κ3) is 11.3. The second kappa shape index (κ2) is 10.2. The van der Waals surface area contributed by atoms with Crippen LogP contribution in [0.1, 0.15) is 29.4 Å². The maximum atomic E-state index is 12.4. The number of aliphatic hydroxyl groups is 1. The Morgan fingerprint density at radius 1 is 1.40 bits per heavy atom. The Hall–Kier alpha value is -1.86. The van der Waals surface area contributed by atoms with Crippen LogP contribution in [0.25, 0.3) is 4.98 Å². The van der Waals surface area contributed by atoms with Crippen molar-refractivity contribution in [2.75, 3.05) is 13.2 Å². The lowest BCUT2D eigenvalue weighted by Gasteiger charge is -2.05. The molecule has 0 rings (SSSR count). The molecule has 0 bridgehead atoms. The van der Waals surface area contributed by atoms with Crippen LogP contribution in [-0.2, 0) is 13.8 Å². The van der Waals surface area contributed by atoms with Crippen LogP contribution in [0.5, 0.6) is 0 Å². The lowest BCUT2D eigenvalue weighted by atomic mass is 10.1. The maximum Gasteiger partial charge on any atom is 0.543 e. The number of phosphoric acid groups is 1. The van der Waals surface area contributed by atoms with Crippen molar-refractivity contribution in [3.8, 4) is 0 Å². The van der Waals surface area contributed by atoms with Crippen LogP contribution in [0.2, 0.25) is 0 Å². The van der Waals surface area contributed by atoms with Gasteiger partial charge in [0.2, 0.25) is 5.39 Å². The molecule has 0 spiro atoms. The smallest absolute Gasteiger partial charge is 0.475 e. The summed E-state index contributed by atoms with van der Waals surface area (Å²) in [6.45, 7) is -0.117. The van der Waals surface area contributed by atoms with E-state index in [1.165, 1.54) is 19.9 Å². The average molecular weight is 390 g/mol. The van der Waals surface area contributed by atoms with Crippen LogP contribution < -0.4 is 0 Å². The van der Waals surface area contributed by atoms with E-state index in [0.717, 1.165) is 6.08 Å². The highest BCUT2D eigenvalue weighted by Gasteiger charge is 2.51. The van der Waals surface area contributed by atoms with E-state index in [1.807, 2.05) is 4.98 Å². The van der Waals surface area contributed by atoms with Gasteiger partial charge in [0.05, 0.1) is 9.30 Å². The molecule has 3 N–H and O–H groups in total. The number of rotatable bonds is 9. The summed E-state index contributed by atoms with van der Waals surface area (Å²) in [5.41, 5.74) is -1.15. The highest BCUT2D eigenvalue weighted by atomic mass is 31.2. The van der Waals surface area contributed by atoms with Crippen LogP contribution >= 0.6 is 7.82 Å². The lowest BCUT2D eigenvalue weighted by molar-refractivity contribution is -0.0968. The molecule has 0 fully saturated rings. The number of diazo groups is 1. The molecular formula is C13H19F3N2O6P+. The first-order chi connectivity index (χ1) is 12.1. The third-order valence-corrected chi connectivity index (χ3v) is 2.86. The number of hydrogen-bond acceptors (Lipinski definition) is 5. The molecule has 0 aromatic carbocycles. The molecule has 0 radical (unpaired) electrons.